The molecule has 0 radical (unpaired) electrons. The van der Waals surface area contributed by atoms with Crippen LogP contribution >= 0.6 is 11.8 Å². The molecular weight excluding hydrogens is 564 g/mol. The Balaban J connectivity index is 1.56. The van der Waals surface area contributed by atoms with Gasteiger partial charge in [0.2, 0.25) is 17.1 Å². The first kappa shape index (κ1) is 29.0. The average Bonchev–Trinajstić information content (AvgIpc) is 3.36. The van der Waals surface area contributed by atoms with Gasteiger partial charge in [-0.3, -0.25) is 14.5 Å². The summed E-state index contributed by atoms with van der Waals surface area (Å²) in [6.45, 7) is 4.14. The maximum Gasteiger partial charge on any atom is 0.352 e. The Morgan fingerprint density at radius 1 is 1.37 bits per heavy atom. The van der Waals surface area contributed by atoms with E-state index in [1.54, 1.807) is 36.0 Å². The van der Waals surface area contributed by atoms with Crippen LogP contribution in [0.25, 0.3) is 0 Å². The molecule has 6 N–H and O–H groups in total. The lowest BCUT2D eigenvalue weighted by Crippen LogP contribution is -2.71. The Morgan fingerprint density at radius 2 is 2.10 bits per heavy atom. The van der Waals surface area contributed by atoms with E-state index in [2.05, 4.69) is 30.3 Å². The first-order valence-electron chi connectivity index (χ1n) is 11.8. The topological polar surface area (TPSA) is 247 Å². The van der Waals surface area contributed by atoms with Crippen LogP contribution in [0.1, 0.15) is 32.2 Å². The number of nitrogens with zero attached hydrogens (tertiary/aromatic N) is 6. The number of aromatic nitrogens is 3. The number of aliphatic carboxylic acids is 2. The second-order valence-electron chi connectivity index (χ2n) is 9.37. The number of pyridine rings is 1. The summed E-state index contributed by atoms with van der Waals surface area (Å²) in [7, 11) is 0. The fourth-order valence-electron chi connectivity index (χ4n) is 3.84. The summed E-state index contributed by atoms with van der Waals surface area (Å²) in [6, 6.07) is 1.88. The number of carboxylic acids is 2. The molecule has 1 unspecified atom stereocenters. The number of rotatable bonds is 10. The maximum absolute atomic E-state index is 13.1. The van der Waals surface area contributed by atoms with Crippen LogP contribution in [0, 0.1) is 0 Å². The van der Waals surface area contributed by atoms with E-state index in [-0.39, 0.29) is 18.0 Å². The average molecular weight is 590 g/mol. The lowest BCUT2D eigenvalue weighted by Gasteiger charge is -2.49. The van der Waals surface area contributed by atoms with Gasteiger partial charge < -0.3 is 35.8 Å². The van der Waals surface area contributed by atoms with Gasteiger partial charge in [-0.25, -0.2) is 14.2 Å². The number of fused-ring (bicyclic) bond motifs is 1. The minimum atomic E-state index is -1.83. The Bertz CT molecular complexity index is 1520. The van der Waals surface area contributed by atoms with Gasteiger partial charge >= 0.3 is 18.0 Å². The zero-order chi connectivity index (χ0) is 30.1. The molecule has 2 atom stereocenters. The Kier molecular flexibility index (Phi) is 7.95. The number of nitrogens with two attached hydrogens (primary N) is 1. The van der Waals surface area contributed by atoms with Gasteiger partial charge in [0.05, 0.1) is 11.3 Å². The number of carboxylic acid groups (broad SMARTS) is 2. The summed E-state index contributed by atoms with van der Waals surface area (Å²) in [5.41, 5.74) is 4.22. The monoisotopic (exact) mass is 589 g/mol. The van der Waals surface area contributed by atoms with Crippen molar-refractivity contribution in [2.75, 3.05) is 11.5 Å². The molecule has 216 valence electrons. The van der Waals surface area contributed by atoms with Crippen molar-refractivity contribution in [1.82, 2.24) is 20.4 Å². The van der Waals surface area contributed by atoms with Crippen molar-refractivity contribution in [2.24, 2.45) is 10.3 Å². The molecule has 2 aromatic heterocycles. The van der Waals surface area contributed by atoms with Gasteiger partial charge in [-0.15, -0.1) is 11.8 Å². The van der Waals surface area contributed by atoms with E-state index >= 15 is 0 Å². The molecule has 0 aromatic carbocycles. The van der Waals surface area contributed by atoms with Gasteiger partial charge in [-0.05, 0) is 26.8 Å². The molecule has 2 aromatic rings. The predicted octanol–water partition coefficient (Wildman–Crippen LogP) is -0.840. The van der Waals surface area contributed by atoms with Gasteiger partial charge in [0.25, 0.3) is 11.8 Å². The lowest BCUT2D eigenvalue weighted by molar-refractivity contribution is -0.689. The summed E-state index contributed by atoms with van der Waals surface area (Å²) < 4.78 is 6.37. The molecule has 17 nitrogen and oxygen atoms in total. The number of hydrogen-bond acceptors (Lipinski definition) is 13. The van der Waals surface area contributed by atoms with E-state index in [1.165, 1.54) is 25.6 Å². The van der Waals surface area contributed by atoms with Crippen LogP contribution in [0.2, 0.25) is 0 Å². The Labute approximate surface area is 235 Å². The quantitative estimate of drug-likeness (QED) is 0.0746. The first-order chi connectivity index (χ1) is 19.3. The molecule has 1 fully saturated rings. The number of oxime groups is 2. The molecule has 2 amide bonds. The third-order valence-electron chi connectivity index (χ3n) is 6.08. The summed E-state index contributed by atoms with van der Waals surface area (Å²) in [5.74, 6) is -4.58. The predicted molar refractivity (Wildman–Crippen MR) is 138 cm³/mol. The van der Waals surface area contributed by atoms with Crippen molar-refractivity contribution >= 4 is 53.0 Å². The van der Waals surface area contributed by atoms with Crippen LogP contribution in [-0.4, -0.2) is 88.4 Å². The van der Waals surface area contributed by atoms with E-state index in [1.807, 2.05) is 0 Å². The zero-order valence-corrected chi connectivity index (χ0v) is 22.7. The van der Waals surface area contributed by atoms with Gasteiger partial charge in [0.1, 0.15) is 17.1 Å². The highest BCUT2D eigenvalue weighted by Crippen LogP contribution is 2.40. The van der Waals surface area contributed by atoms with Crippen molar-refractivity contribution in [1.29, 1.82) is 0 Å². The van der Waals surface area contributed by atoms with Crippen molar-refractivity contribution in [3.63, 3.8) is 0 Å². The normalized spacial score (nSPS) is 19.4. The van der Waals surface area contributed by atoms with Crippen molar-refractivity contribution in [3.05, 3.63) is 47.2 Å². The smallest absolute Gasteiger partial charge is 0.352 e. The van der Waals surface area contributed by atoms with E-state index < -0.39 is 58.3 Å². The number of β-lactam (4-membered cyclic amide) rings is 1. The maximum atomic E-state index is 13.1. The van der Waals surface area contributed by atoms with Crippen molar-refractivity contribution in [3.8, 4) is 0 Å². The van der Waals surface area contributed by atoms with Crippen LogP contribution in [0.4, 0.5) is 6.01 Å². The SMILES string of the molecule is CC(=NO)c1ccc[n+](CC2=C(C(=O)O)N3C(=O)C(NC(=O)C(=NOC(C)(C)C(=O)O)c4noc(N)n4)[C@@H]3SC2)c1. The van der Waals surface area contributed by atoms with Crippen LogP contribution in [0.3, 0.4) is 0 Å². The number of amides is 2. The standard InChI is InChI=1S/C23H24N8O9S/c1-10(27-38)11-5-4-6-30(7-11)8-12-9-41-19-14(18(33)31(19)15(12)20(34)35)25-17(32)13(16-26-22(24)39-29-16)28-40-23(2,3)21(36)37/h4-7,14,19H,8-9H2,1-3H3,(H5-,24,25,26,29,32,34,35,36,37,38)/p+1/t14?,19-/m0/s1. The number of carbonyl (C=O) groups excluding carboxylic acids is 2. The zero-order valence-electron chi connectivity index (χ0n) is 21.8. The van der Waals surface area contributed by atoms with E-state index in [0.717, 1.165) is 4.90 Å². The van der Waals surface area contributed by atoms with Gasteiger partial charge in [0.15, 0.2) is 18.9 Å². The van der Waals surface area contributed by atoms with E-state index in [4.69, 9.17) is 15.8 Å². The molecule has 2 aliphatic heterocycles. The summed E-state index contributed by atoms with van der Waals surface area (Å²) >= 11 is 1.24. The second kappa shape index (κ2) is 11.2. The van der Waals surface area contributed by atoms with Crippen LogP contribution in [0.15, 0.2) is 50.6 Å². The Hall–Kier alpha value is -5.00. The number of nitrogen functional groups attached to an aromatic ring is 1. The molecule has 0 spiro atoms. The minimum Gasteiger partial charge on any atom is -0.478 e. The highest BCUT2D eigenvalue weighted by atomic mass is 32.2. The summed E-state index contributed by atoms with van der Waals surface area (Å²) in [4.78, 5) is 59.7. The molecule has 4 rings (SSSR count). The van der Waals surface area contributed by atoms with E-state index in [9.17, 15) is 29.4 Å². The van der Waals surface area contributed by atoms with Gasteiger partial charge in [0, 0.05) is 17.4 Å². The Morgan fingerprint density at radius 3 is 2.71 bits per heavy atom. The third kappa shape index (κ3) is 5.81. The number of nitrogens with one attached hydrogen (secondary N) is 1. The number of carbonyl (C=O) groups is 4. The van der Waals surface area contributed by atoms with Crippen molar-refractivity contribution in [2.45, 2.75) is 44.3 Å². The van der Waals surface area contributed by atoms with Gasteiger partial charge in [-0.2, -0.15) is 4.98 Å². The number of thioether (sulfide) groups is 1. The highest BCUT2D eigenvalue weighted by Gasteiger charge is 2.55. The molecule has 41 heavy (non-hydrogen) atoms. The number of hydrogen-bond donors (Lipinski definition) is 5. The molecule has 0 saturated carbocycles. The first-order valence-corrected chi connectivity index (χ1v) is 12.9. The lowest BCUT2D eigenvalue weighted by atomic mass is 10.0. The largest absolute Gasteiger partial charge is 0.478 e. The number of anilines is 1. The molecule has 0 bridgehead atoms. The molecule has 1 saturated heterocycles. The fourth-order valence-corrected chi connectivity index (χ4v) is 5.18. The third-order valence-corrected chi connectivity index (χ3v) is 7.42. The molecular formula is C23H25N8O9S+. The second-order valence-corrected chi connectivity index (χ2v) is 10.5. The van der Waals surface area contributed by atoms with Crippen LogP contribution in [-0.2, 0) is 30.6 Å². The summed E-state index contributed by atoms with van der Waals surface area (Å²) in [5, 5.41) is 40.3. The fraction of sp³-hybridized carbons (Fsp3) is 0.348. The highest BCUT2D eigenvalue weighted by molar-refractivity contribution is 8.00. The minimum absolute atomic E-state index is 0.140. The molecule has 18 heteroatoms. The molecule has 4 heterocycles. The van der Waals surface area contributed by atoms with Crippen LogP contribution < -0.4 is 15.6 Å². The van der Waals surface area contributed by atoms with Gasteiger partial charge in [-0.1, -0.05) is 15.5 Å². The molecule has 0 aliphatic carbocycles. The summed E-state index contributed by atoms with van der Waals surface area (Å²) in [6.07, 6.45) is 3.39. The van der Waals surface area contributed by atoms with Crippen LogP contribution in [0.5, 0.6) is 0 Å². The molecule has 2 aliphatic rings. The van der Waals surface area contributed by atoms with Crippen molar-refractivity contribution < 1.29 is 48.5 Å². The van der Waals surface area contributed by atoms with E-state index in [0.29, 0.717) is 16.8 Å².